The Morgan fingerprint density at radius 1 is 1.41 bits per heavy atom. The van der Waals surface area contributed by atoms with Gasteiger partial charge in [0, 0.05) is 11.1 Å². The first-order valence-corrected chi connectivity index (χ1v) is 9.93. The number of aliphatic hydroxyl groups is 1. The summed E-state index contributed by atoms with van der Waals surface area (Å²) in [7, 11) is 1.57. The maximum Gasteiger partial charge on any atom is 0.264 e. The van der Waals surface area contributed by atoms with Gasteiger partial charge in [-0.3, -0.25) is 9.59 Å². The molecule has 5 nitrogen and oxygen atoms in total. The van der Waals surface area contributed by atoms with Crippen molar-refractivity contribution in [1.82, 2.24) is 0 Å². The van der Waals surface area contributed by atoms with Crippen molar-refractivity contribution in [3.05, 3.63) is 45.6 Å². The Labute approximate surface area is 162 Å². The standard InChI is InChI=1S/C21H23NO4S/c1-12-10-20(2,3)22-18-14(12)8-13(26-4)9-15(18)21(25,19(22)24)11-16(23)17-6-5-7-27-17/h5-9,12,25H,10-11H2,1-4H3. The van der Waals surface area contributed by atoms with E-state index in [4.69, 9.17) is 4.74 Å². The highest BCUT2D eigenvalue weighted by molar-refractivity contribution is 7.12. The second kappa shape index (κ2) is 5.91. The summed E-state index contributed by atoms with van der Waals surface area (Å²) in [6.07, 6.45) is 0.500. The molecule has 3 heterocycles. The molecule has 1 amide bonds. The van der Waals surface area contributed by atoms with Gasteiger partial charge in [0.2, 0.25) is 0 Å². The smallest absolute Gasteiger partial charge is 0.264 e. The van der Waals surface area contributed by atoms with E-state index in [-0.39, 0.29) is 18.1 Å². The number of anilines is 1. The number of hydrogen-bond acceptors (Lipinski definition) is 5. The Morgan fingerprint density at radius 2 is 2.15 bits per heavy atom. The van der Waals surface area contributed by atoms with E-state index in [1.165, 1.54) is 11.3 Å². The van der Waals surface area contributed by atoms with E-state index in [2.05, 4.69) is 6.92 Å². The van der Waals surface area contributed by atoms with Crippen molar-refractivity contribution in [3.63, 3.8) is 0 Å². The number of carbonyl (C=O) groups excluding carboxylic acids is 2. The molecule has 0 aliphatic carbocycles. The van der Waals surface area contributed by atoms with Crippen LogP contribution in [0.1, 0.15) is 60.3 Å². The Morgan fingerprint density at radius 3 is 2.78 bits per heavy atom. The Hall–Kier alpha value is -2.18. The van der Waals surface area contributed by atoms with E-state index in [0.717, 1.165) is 17.7 Å². The third kappa shape index (κ3) is 2.54. The number of nitrogens with zero attached hydrogens (tertiary/aromatic N) is 1. The van der Waals surface area contributed by atoms with Gasteiger partial charge in [0.15, 0.2) is 11.4 Å². The third-order valence-electron chi connectivity index (χ3n) is 5.73. The summed E-state index contributed by atoms with van der Waals surface area (Å²) in [5, 5.41) is 13.3. The number of hydrogen-bond donors (Lipinski definition) is 1. The summed E-state index contributed by atoms with van der Waals surface area (Å²) < 4.78 is 5.42. The van der Waals surface area contributed by atoms with Crippen LogP contribution in [0.15, 0.2) is 29.6 Å². The van der Waals surface area contributed by atoms with E-state index >= 15 is 0 Å². The van der Waals surface area contributed by atoms with Gasteiger partial charge in [0.05, 0.1) is 24.1 Å². The molecule has 4 rings (SSSR count). The highest BCUT2D eigenvalue weighted by atomic mass is 32.1. The molecule has 1 aromatic heterocycles. The molecule has 0 fully saturated rings. The number of benzene rings is 1. The number of carbonyl (C=O) groups is 2. The van der Waals surface area contributed by atoms with E-state index < -0.39 is 17.0 Å². The van der Waals surface area contributed by atoms with Gasteiger partial charge < -0.3 is 14.7 Å². The molecule has 2 aliphatic rings. The summed E-state index contributed by atoms with van der Waals surface area (Å²) in [6, 6.07) is 7.15. The van der Waals surface area contributed by atoms with Crippen molar-refractivity contribution in [2.45, 2.75) is 50.7 Å². The zero-order chi connectivity index (χ0) is 19.6. The van der Waals surface area contributed by atoms with Crippen molar-refractivity contribution in [1.29, 1.82) is 0 Å². The lowest BCUT2D eigenvalue weighted by Crippen LogP contribution is -2.53. The molecule has 6 heteroatoms. The lowest BCUT2D eigenvalue weighted by Gasteiger charge is -2.44. The Balaban J connectivity index is 1.89. The van der Waals surface area contributed by atoms with Gasteiger partial charge >= 0.3 is 0 Å². The monoisotopic (exact) mass is 385 g/mol. The van der Waals surface area contributed by atoms with Crippen LogP contribution in [0, 0.1) is 0 Å². The fourth-order valence-electron chi connectivity index (χ4n) is 4.55. The fourth-order valence-corrected chi connectivity index (χ4v) is 5.21. The lowest BCUT2D eigenvalue weighted by molar-refractivity contribution is -0.137. The molecule has 2 unspecified atom stereocenters. The van der Waals surface area contributed by atoms with Gasteiger partial charge in [0.25, 0.3) is 5.91 Å². The maximum absolute atomic E-state index is 13.4. The van der Waals surface area contributed by atoms with Crippen LogP contribution in [-0.2, 0) is 10.4 Å². The van der Waals surface area contributed by atoms with Crippen LogP contribution in [0.3, 0.4) is 0 Å². The molecule has 0 radical (unpaired) electrons. The minimum absolute atomic E-state index is 0.211. The Bertz CT molecular complexity index is 934. The molecule has 0 saturated carbocycles. The lowest BCUT2D eigenvalue weighted by atomic mass is 9.80. The van der Waals surface area contributed by atoms with Gasteiger partial charge in [-0.1, -0.05) is 13.0 Å². The molecule has 2 aromatic rings. The van der Waals surface area contributed by atoms with E-state index in [0.29, 0.717) is 16.2 Å². The molecule has 142 valence electrons. The summed E-state index contributed by atoms with van der Waals surface area (Å²) in [6.45, 7) is 6.13. The van der Waals surface area contributed by atoms with Gasteiger partial charge in [-0.2, -0.15) is 0 Å². The van der Waals surface area contributed by atoms with E-state index in [1.54, 1.807) is 30.2 Å². The van der Waals surface area contributed by atoms with Gasteiger partial charge in [0.1, 0.15) is 5.75 Å². The second-order valence-electron chi connectivity index (χ2n) is 8.11. The van der Waals surface area contributed by atoms with Crippen LogP contribution in [0.5, 0.6) is 5.75 Å². The number of ether oxygens (including phenoxy) is 1. The van der Waals surface area contributed by atoms with Crippen LogP contribution < -0.4 is 9.64 Å². The van der Waals surface area contributed by atoms with Crippen molar-refractivity contribution >= 4 is 28.7 Å². The van der Waals surface area contributed by atoms with Crippen LogP contribution in [-0.4, -0.2) is 29.4 Å². The zero-order valence-corrected chi connectivity index (χ0v) is 16.7. The quantitative estimate of drug-likeness (QED) is 0.812. The molecule has 0 spiro atoms. The number of Topliss-reactive ketones (excluding diaryl/α,β-unsaturated/α-hetero) is 1. The SMILES string of the molecule is COc1cc2c3c(c1)C(O)(CC(=O)c1cccs1)C(=O)N3C(C)(C)CC2C. The fraction of sp³-hybridized carbons (Fsp3) is 0.429. The molecule has 27 heavy (non-hydrogen) atoms. The van der Waals surface area contributed by atoms with Crippen molar-refractivity contribution in [2.75, 3.05) is 12.0 Å². The summed E-state index contributed by atoms with van der Waals surface area (Å²) >= 11 is 1.32. The van der Waals surface area contributed by atoms with E-state index in [9.17, 15) is 14.7 Å². The molecular weight excluding hydrogens is 362 g/mol. The first-order valence-electron chi connectivity index (χ1n) is 9.05. The minimum Gasteiger partial charge on any atom is -0.497 e. The maximum atomic E-state index is 13.4. The normalized spacial score (nSPS) is 25.4. The molecular formula is C21H23NO4S. The number of rotatable bonds is 4. The molecule has 2 atom stereocenters. The largest absolute Gasteiger partial charge is 0.497 e. The van der Waals surface area contributed by atoms with Gasteiger partial charge in [-0.25, -0.2) is 0 Å². The van der Waals surface area contributed by atoms with Gasteiger partial charge in [-0.15, -0.1) is 11.3 Å². The summed E-state index contributed by atoms with van der Waals surface area (Å²) in [4.78, 5) is 28.4. The number of thiophene rings is 1. The molecule has 2 aliphatic heterocycles. The Kier molecular flexibility index (Phi) is 3.98. The van der Waals surface area contributed by atoms with Crippen molar-refractivity contribution < 1.29 is 19.4 Å². The van der Waals surface area contributed by atoms with Crippen LogP contribution in [0.25, 0.3) is 0 Å². The molecule has 0 bridgehead atoms. The summed E-state index contributed by atoms with van der Waals surface area (Å²) in [5.41, 5.74) is -0.112. The third-order valence-corrected chi connectivity index (χ3v) is 6.64. The molecule has 1 aromatic carbocycles. The topological polar surface area (TPSA) is 66.8 Å². The average molecular weight is 385 g/mol. The van der Waals surface area contributed by atoms with Crippen LogP contribution in [0.4, 0.5) is 5.69 Å². The highest BCUT2D eigenvalue weighted by Gasteiger charge is 2.57. The number of ketones is 1. The number of amides is 1. The first-order chi connectivity index (χ1) is 12.7. The predicted molar refractivity (Wildman–Crippen MR) is 105 cm³/mol. The predicted octanol–water partition coefficient (Wildman–Crippen LogP) is 3.85. The minimum atomic E-state index is -1.87. The van der Waals surface area contributed by atoms with Crippen molar-refractivity contribution in [2.24, 2.45) is 0 Å². The van der Waals surface area contributed by atoms with Crippen LogP contribution in [0.2, 0.25) is 0 Å². The second-order valence-corrected chi connectivity index (χ2v) is 9.06. The average Bonchev–Trinajstić information content (AvgIpc) is 3.20. The molecule has 1 N–H and O–H groups in total. The molecule has 0 saturated heterocycles. The zero-order valence-electron chi connectivity index (χ0n) is 15.9. The first kappa shape index (κ1) is 18.2. The van der Waals surface area contributed by atoms with E-state index in [1.807, 2.05) is 25.3 Å². The highest BCUT2D eigenvalue weighted by Crippen LogP contribution is 2.55. The van der Waals surface area contributed by atoms with Crippen LogP contribution >= 0.6 is 11.3 Å². The number of methoxy groups -OCH3 is 1. The summed E-state index contributed by atoms with van der Waals surface area (Å²) in [5.74, 6) is 0.145. The van der Waals surface area contributed by atoms with Gasteiger partial charge in [-0.05, 0) is 55.3 Å². The van der Waals surface area contributed by atoms with Crippen molar-refractivity contribution in [3.8, 4) is 5.75 Å².